The van der Waals surface area contributed by atoms with E-state index in [-0.39, 0.29) is 0 Å². The average molecular weight is 249 g/mol. The fourth-order valence-corrected chi connectivity index (χ4v) is 1.95. The van der Waals surface area contributed by atoms with Crippen LogP contribution in [0.2, 0.25) is 0 Å². The molecule has 1 aromatic carbocycles. The Morgan fingerprint density at radius 3 is 2.56 bits per heavy atom. The zero-order valence-electron chi connectivity index (χ0n) is 12.3. The van der Waals surface area contributed by atoms with Crippen LogP contribution in [0.5, 0.6) is 5.75 Å². The van der Waals surface area contributed by atoms with Crippen LogP contribution in [0, 0.1) is 0 Å². The maximum Gasteiger partial charge on any atom is 0.122 e. The van der Waals surface area contributed by atoms with Crippen molar-refractivity contribution in [1.29, 1.82) is 0 Å². The van der Waals surface area contributed by atoms with Crippen molar-refractivity contribution < 1.29 is 4.74 Å². The van der Waals surface area contributed by atoms with E-state index in [0.717, 1.165) is 31.7 Å². The topological polar surface area (TPSA) is 12.5 Å². The number of benzene rings is 1. The van der Waals surface area contributed by atoms with Gasteiger partial charge in [0.25, 0.3) is 0 Å². The minimum absolute atomic E-state index is 0.572. The summed E-state index contributed by atoms with van der Waals surface area (Å²) in [6.07, 6.45) is 3.46. The first-order chi connectivity index (χ1) is 8.65. The molecule has 0 saturated carbocycles. The lowest BCUT2D eigenvalue weighted by molar-refractivity contribution is 0.289. The minimum atomic E-state index is 0.572. The molecule has 0 N–H and O–H groups in total. The van der Waals surface area contributed by atoms with Crippen molar-refractivity contribution in [2.24, 2.45) is 0 Å². The lowest BCUT2D eigenvalue weighted by Crippen LogP contribution is -2.13. The number of unbranched alkanes of at least 4 members (excludes halogenated alkanes) is 1. The van der Waals surface area contributed by atoms with Gasteiger partial charge in [-0.2, -0.15) is 0 Å². The van der Waals surface area contributed by atoms with Gasteiger partial charge >= 0.3 is 0 Å². The molecule has 0 radical (unpaired) electrons. The highest BCUT2D eigenvalue weighted by atomic mass is 16.5. The summed E-state index contributed by atoms with van der Waals surface area (Å²) in [5, 5.41) is 0. The predicted octanol–water partition coefficient (Wildman–Crippen LogP) is 3.92. The highest BCUT2D eigenvalue weighted by molar-refractivity contribution is 5.35. The van der Waals surface area contributed by atoms with Crippen molar-refractivity contribution in [3.63, 3.8) is 0 Å². The van der Waals surface area contributed by atoms with E-state index in [1.165, 1.54) is 12.0 Å². The largest absolute Gasteiger partial charge is 0.493 e. The van der Waals surface area contributed by atoms with E-state index >= 15 is 0 Å². The van der Waals surface area contributed by atoms with Gasteiger partial charge < -0.3 is 9.64 Å². The molecule has 2 heteroatoms. The van der Waals surface area contributed by atoms with E-state index in [0.29, 0.717) is 5.92 Å². The normalized spacial score (nSPS) is 12.7. The van der Waals surface area contributed by atoms with Crippen LogP contribution < -0.4 is 4.74 Å². The molecule has 0 fully saturated rings. The molecule has 0 bridgehead atoms. The van der Waals surface area contributed by atoms with Crippen LogP contribution in [0.15, 0.2) is 24.3 Å². The fourth-order valence-electron chi connectivity index (χ4n) is 1.95. The summed E-state index contributed by atoms with van der Waals surface area (Å²) in [7, 11) is 4.22. The van der Waals surface area contributed by atoms with Gasteiger partial charge in [0.05, 0.1) is 6.61 Å². The van der Waals surface area contributed by atoms with Crippen molar-refractivity contribution in [3.8, 4) is 5.75 Å². The number of hydrogen-bond acceptors (Lipinski definition) is 2. The van der Waals surface area contributed by atoms with Crippen molar-refractivity contribution in [2.45, 2.75) is 39.0 Å². The van der Waals surface area contributed by atoms with Crippen molar-refractivity contribution in [3.05, 3.63) is 29.8 Å². The van der Waals surface area contributed by atoms with Crippen LogP contribution >= 0.6 is 0 Å². The van der Waals surface area contributed by atoms with Gasteiger partial charge in [0.1, 0.15) is 5.75 Å². The van der Waals surface area contributed by atoms with E-state index in [2.05, 4.69) is 57.1 Å². The van der Waals surface area contributed by atoms with E-state index in [1.807, 2.05) is 0 Å². The molecule has 1 atom stereocenters. The van der Waals surface area contributed by atoms with Gasteiger partial charge in [-0.3, -0.25) is 0 Å². The number of rotatable bonds is 8. The Morgan fingerprint density at radius 2 is 1.89 bits per heavy atom. The lowest BCUT2D eigenvalue weighted by Gasteiger charge is -2.16. The second kappa shape index (κ2) is 8.15. The molecule has 18 heavy (non-hydrogen) atoms. The quantitative estimate of drug-likeness (QED) is 0.647. The van der Waals surface area contributed by atoms with Gasteiger partial charge in [0.2, 0.25) is 0 Å². The van der Waals surface area contributed by atoms with Crippen molar-refractivity contribution >= 4 is 0 Å². The molecular formula is C16H27NO. The van der Waals surface area contributed by atoms with Gasteiger partial charge in [-0.25, -0.2) is 0 Å². The summed E-state index contributed by atoms with van der Waals surface area (Å²) in [6.45, 7) is 6.43. The van der Waals surface area contributed by atoms with Crippen LogP contribution in [-0.2, 0) is 0 Å². The van der Waals surface area contributed by atoms with Crippen LogP contribution in [-0.4, -0.2) is 32.1 Å². The summed E-state index contributed by atoms with van der Waals surface area (Å²) in [4.78, 5) is 2.22. The Balaban J connectivity index is 2.42. The fraction of sp³-hybridized carbons (Fsp3) is 0.625. The molecule has 0 spiro atoms. The number of hydrogen-bond donors (Lipinski definition) is 0. The van der Waals surface area contributed by atoms with E-state index in [9.17, 15) is 0 Å². The van der Waals surface area contributed by atoms with Gasteiger partial charge in [-0.15, -0.1) is 0 Å². The van der Waals surface area contributed by atoms with Gasteiger partial charge in [0.15, 0.2) is 0 Å². The predicted molar refractivity (Wildman–Crippen MR) is 78.4 cm³/mol. The van der Waals surface area contributed by atoms with Crippen LogP contribution in [0.3, 0.4) is 0 Å². The molecule has 0 unspecified atom stereocenters. The number of para-hydroxylation sites is 1. The Kier molecular flexibility index (Phi) is 6.81. The summed E-state index contributed by atoms with van der Waals surface area (Å²) >= 11 is 0. The third kappa shape index (κ3) is 5.09. The first-order valence-electron chi connectivity index (χ1n) is 7.01. The first kappa shape index (κ1) is 15.0. The average Bonchev–Trinajstić information content (AvgIpc) is 2.37. The van der Waals surface area contributed by atoms with Crippen molar-refractivity contribution in [2.75, 3.05) is 27.2 Å². The Hall–Kier alpha value is -1.02. The summed E-state index contributed by atoms with van der Waals surface area (Å²) in [5.74, 6) is 1.64. The SMILES string of the molecule is CC[C@H](C)c1ccccc1OCCCCN(C)C. The van der Waals surface area contributed by atoms with Crippen LogP contribution in [0.1, 0.15) is 44.6 Å². The number of nitrogens with zero attached hydrogens (tertiary/aromatic N) is 1. The van der Waals surface area contributed by atoms with Crippen LogP contribution in [0.25, 0.3) is 0 Å². The molecular weight excluding hydrogens is 222 g/mol. The third-order valence-corrected chi connectivity index (χ3v) is 3.32. The summed E-state index contributed by atoms with van der Waals surface area (Å²) in [6, 6.07) is 8.43. The van der Waals surface area contributed by atoms with Gasteiger partial charge in [-0.1, -0.05) is 32.0 Å². The van der Waals surface area contributed by atoms with E-state index in [4.69, 9.17) is 4.74 Å². The Bertz CT molecular complexity index is 336. The molecule has 0 aliphatic carbocycles. The molecule has 0 aliphatic rings. The first-order valence-corrected chi connectivity index (χ1v) is 7.01. The zero-order valence-corrected chi connectivity index (χ0v) is 12.3. The minimum Gasteiger partial charge on any atom is -0.493 e. The highest BCUT2D eigenvalue weighted by Crippen LogP contribution is 2.28. The smallest absolute Gasteiger partial charge is 0.122 e. The molecule has 0 aliphatic heterocycles. The molecule has 0 amide bonds. The second-order valence-electron chi connectivity index (χ2n) is 5.21. The maximum absolute atomic E-state index is 5.92. The maximum atomic E-state index is 5.92. The molecule has 1 rings (SSSR count). The summed E-state index contributed by atoms with van der Waals surface area (Å²) in [5.41, 5.74) is 1.34. The summed E-state index contributed by atoms with van der Waals surface area (Å²) < 4.78 is 5.92. The molecule has 0 aromatic heterocycles. The van der Waals surface area contributed by atoms with E-state index in [1.54, 1.807) is 0 Å². The van der Waals surface area contributed by atoms with E-state index < -0.39 is 0 Å². The van der Waals surface area contributed by atoms with Gasteiger partial charge in [-0.05, 0) is 57.5 Å². The Labute approximate surface area is 112 Å². The highest BCUT2D eigenvalue weighted by Gasteiger charge is 2.08. The monoisotopic (exact) mass is 249 g/mol. The molecule has 102 valence electrons. The third-order valence-electron chi connectivity index (χ3n) is 3.32. The second-order valence-corrected chi connectivity index (χ2v) is 5.21. The standard InChI is InChI=1S/C16H27NO/c1-5-14(2)15-10-6-7-11-16(15)18-13-9-8-12-17(3)4/h6-7,10-11,14H,5,8-9,12-13H2,1-4H3/t14-/m0/s1. The molecule has 2 nitrogen and oxygen atoms in total. The lowest BCUT2D eigenvalue weighted by atomic mass is 9.98. The molecule has 1 aromatic rings. The van der Waals surface area contributed by atoms with Crippen LogP contribution in [0.4, 0.5) is 0 Å². The Morgan fingerprint density at radius 1 is 1.17 bits per heavy atom. The molecule has 0 saturated heterocycles. The zero-order chi connectivity index (χ0) is 13.4. The van der Waals surface area contributed by atoms with Gasteiger partial charge in [0, 0.05) is 0 Å². The molecule has 0 heterocycles. The number of ether oxygens (including phenoxy) is 1. The van der Waals surface area contributed by atoms with Crippen molar-refractivity contribution in [1.82, 2.24) is 4.90 Å².